The normalized spacial score (nSPS) is 10.5. The van der Waals surface area contributed by atoms with Crippen LogP contribution in [-0.4, -0.2) is 21.9 Å². The minimum absolute atomic E-state index is 0.0654. The van der Waals surface area contributed by atoms with Gasteiger partial charge in [-0.3, -0.25) is 4.79 Å². The lowest BCUT2D eigenvalue weighted by atomic mass is 10.3. The van der Waals surface area contributed by atoms with Crippen LogP contribution in [0.15, 0.2) is 34.8 Å². The van der Waals surface area contributed by atoms with E-state index >= 15 is 0 Å². The predicted octanol–water partition coefficient (Wildman–Crippen LogP) is 3.43. The fourth-order valence-corrected chi connectivity index (χ4v) is 2.00. The number of nitrogens with one attached hydrogen (secondary N) is 2. The highest BCUT2D eigenvalue weighted by Gasteiger charge is 2.11. The first-order valence-electron chi connectivity index (χ1n) is 6.63. The van der Waals surface area contributed by atoms with E-state index in [9.17, 15) is 4.79 Å². The highest BCUT2D eigenvalue weighted by atomic mass is 79.9. The molecule has 0 aliphatic rings. The van der Waals surface area contributed by atoms with E-state index in [0.717, 1.165) is 15.9 Å². The summed E-state index contributed by atoms with van der Waals surface area (Å²) in [6.45, 7) is 5.65. The average molecular weight is 349 g/mol. The molecule has 2 N–H and O–H groups in total. The lowest BCUT2D eigenvalue weighted by molar-refractivity contribution is 0.0938. The molecule has 1 aromatic carbocycles. The third-order valence-electron chi connectivity index (χ3n) is 2.61. The van der Waals surface area contributed by atoms with Gasteiger partial charge in [0.2, 0.25) is 5.95 Å². The maximum absolute atomic E-state index is 12.0. The van der Waals surface area contributed by atoms with Crippen LogP contribution in [0.4, 0.5) is 11.6 Å². The highest BCUT2D eigenvalue weighted by Crippen LogP contribution is 2.17. The summed E-state index contributed by atoms with van der Waals surface area (Å²) in [6, 6.07) is 9.39. The van der Waals surface area contributed by atoms with Crippen molar-refractivity contribution in [2.24, 2.45) is 0 Å². The number of carbonyl (C=O) groups excluding carboxylic acids is 1. The van der Waals surface area contributed by atoms with Gasteiger partial charge in [0, 0.05) is 21.9 Å². The highest BCUT2D eigenvalue weighted by molar-refractivity contribution is 9.10. The second-order valence-corrected chi connectivity index (χ2v) is 5.89. The summed E-state index contributed by atoms with van der Waals surface area (Å²) in [6.07, 6.45) is 0. The van der Waals surface area contributed by atoms with Crippen LogP contribution < -0.4 is 10.6 Å². The van der Waals surface area contributed by atoms with Crippen molar-refractivity contribution in [1.82, 2.24) is 15.3 Å². The van der Waals surface area contributed by atoms with Crippen molar-refractivity contribution in [1.29, 1.82) is 0 Å². The Bertz CT molecular complexity index is 641. The molecule has 0 saturated carbocycles. The number of hydrogen-bond donors (Lipinski definition) is 2. The van der Waals surface area contributed by atoms with Crippen LogP contribution in [0.3, 0.4) is 0 Å². The van der Waals surface area contributed by atoms with Gasteiger partial charge in [-0.05, 0) is 51.1 Å². The van der Waals surface area contributed by atoms with Crippen molar-refractivity contribution in [3.05, 3.63) is 46.2 Å². The third-order valence-corrected chi connectivity index (χ3v) is 3.14. The summed E-state index contributed by atoms with van der Waals surface area (Å²) in [5.74, 6) is 0.209. The van der Waals surface area contributed by atoms with Gasteiger partial charge in [0.15, 0.2) is 0 Å². The SMILES string of the molecule is Cc1cc(C(=O)NC(C)C)nc(Nc2ccc(Br)cc2)n1. The Kier molecular flexibility index (Phi) is 4.90. The molecule has 110 valence electrons. The molecule has 0 atom stereocenters. The van der Waals surface area contributed by atoms with E-state index in [1.165, 1.54) is 0 Å². The molecule has 0 bridgehead atoms. The molecule has 0 aliphatic heterocycles. The second kappa shape index (κ2) is 6.67. The maximum Gasteiger partial charge on any atom is 0.270 e. The van der Waals surface area contributed by atoms with Crippen LogP contribution in [0, 0.1) is 6.92 Å². The smallest absolute Gasteiger partial charge is 0.270 e. The lowest BCUT2D eigenvalue weighted by Crippen LogP contribution is -2.31. The quantitative estimate of drug-likeness (QED) is 0.888. The fraction of sp³-hybridized carbons (Fsp3) is 0.267. The van der Waals surface area contributed by atoms with E-state index in [1.54, 1.807) is 6.07 Å². The van der Waals surface area contributed by atoms with Crippen LogP contribution in [-0.2, 0) is 0 Å². The molecule has 2 aromatic rings. The second-order valence-electron chi connectivity index (χ2n) is 4.98. The number of amides is 1. The lowest BCUT2D eigenvalue weighted by Gasteiger charge is -2.10. The van der Waals surface area contributed by atoms with E-state index < -0.39 is 0 Å². The Labute approximate surface area is 132 Å². The van der Waals surface area contributed by atoms with Crippen molar-refractivity contribution < 1.29 is 4.79 Å². The summed E-state index contributed by atoms with van der Waals surface area (Å²) in [5.41, 5.74) is 1.95. The van der Waals surface area contributed by atoms with Crippen molar-refractivity contribution in [3.63, 3.8) is 0 Å². The molecule has 1 amide bonds. The van der Waals surface area contributed by atoms with Crippen LogP contribution in [0.5, 0.6) is 0 Å². The molecule has 5 nitrogen and oxygen atoms in total. The number of aryl methyl sites for hydroxylation is 1. The van der Waals surface area contributed by atoms with Crippen LogP contribution >= 0.6 is 15.9 Å². The molecule has 0 aliphatic carbocycles. The van der Waals surface area contributed by atoms with Crippen LogP contribution in [0.1, 0.15) is 30.0 Å². The molecule has 0 spiro atoms. The molecule has 2 rings (SSSR count). The average Bonchev–Trinajstić information content (AvgIpc) is 2.40. The summed E-state index contributed by atoms with van der Waals surface area (Å²) in [5, 5.41) is 5.92. The van der Waals surface area contributed by atoms with Gasteiger partial charge >= 0.3 is 0 Å². The van der Waals surface area contributed by atoms with Gasteiger partial charge in [-0.1, -0.05) is 15.9 Å². The molecule has 1 aromatic heterocycles. The Hall–Kier alpha value is -1.95. The van der Waals surface area contributed by atoms with Gasteiger partial charge < -0.3 is 10.6 Å². The maximum atomic E-state index is 12.0. The molecule has 21 heavy (non-hydrogen) atoms. The van der Waals surface area contributed by atoms with E-state index in [4.69, 9.17) is 0 Å². The van der Waals surface area contributed by atoms with E-state index in [1.807, 2.05) is 45.0 Å². The monoisotopic (exact) mass is 348 g/mol. The van der Waals surface area contributed by atoms with Gasteiger partial charge in [0.25, 0.3) is 5.91 Å². The summed E-state index contributed by atoms with van der Waals surface area (Å²) in [4.78, 5) is 20.6. The molecular formula is C15H17BrN4O. The number of carbonyl (C=O) groups is 1. The van der Waals surface area contributed by atoms with E-state index in [2.05, 4.69) is 36.5 Å². The van der Waals surface area contributed by atoms with Crippen LogP contribution in [0.2, 0.25) is 0 Å². The molecule has 0 radical (unpaired) electrons. The molecule has 0 saturated heterocycles. The van der Waals surface area contributed by atoms with Gasteiger partial charge in [0.1, 0.15) is 5.69 Å². The van der Waals surface area contributed by atoms with Crippen molar-refractivity contribution in [2.45, 2.75) is 26.8 Å². The molecular weight excluding hydrogens is 332 g/mol. The topological polar surface area (TPSA) is 66.9 Å². The van der Waals surface area contributed by atoms with E-state index in [0.29, 0.717) is 11.6 Å². The van der Waals surface area contributed by atoms with E-state index in [-0.39, 0.29) is 11.9 Å². The number of rotatable bonds is 4. The van der Waals surface area contributed by atoms with Crippen molar-refractivity contribution in [2.75, 3.05) is 5.32 Å². The minimum Gasteiger partial charge on any atom is -0.349 e. The molecule has 6 heteroatoms. The standard InChI is InChI=1S/C15H17BrN4O/c1-9(2)17-14(21)13-8-10(3)18-15(20-13)19-12-6-4-11(16)5-7-12/h4-9H,1-3H3,(H,17,21)(H,18,19,20). The van der Waals surface area contributed by atoms with Crippen molar-refractivity contribution >= 4 is 33.5 Å². The zero-order valence-corrected chi connectivity index (χ0v) is 13.7. The van der Waals surface area contributed by atoms with Crippen LogP contribution in [0.25, 0.3) is 0 Å². The number of hydrogen-bond acceptors (Lipinski definition) is 4. The predicted molar refractivity (Wildman–Crippen MR) is 86.8 cm³/mol. The first-order chi connectivity index (χ1) is 9.94. The molecule has 1 heterocycles. The minimum atomic E-state index is -0.200. The van der Waals surface area contributed by atoms with Gasteiger partial charge in [-0.25, -0.2) is 9.97 Å². The first-order valence-corrected chi connectivity index (χ1v) is 7.42. The number of benzene rings is 1. The largest absolute Gasteiger partial charge is 0.349 e. The fourth-order valence-electron chi connectivity index (χ4n) is 1.74. The van der Waals surface area contributed by atoms with Gasteiger partial charge in [-0.15, -0.1) is 0 Å². The first kappa shape index (κ1) is 15.4. The summed E-state index contributed by atoms with van der Waals surface area (Å²) < 4.78 is 0.996. The number of halogens is 1. The zero-order chi connectivity index (χ0) is 15.4. The zero-order valence-electron chi connectivity index (χ0n) is 12.1. The number of nitrogens with zero attached hydrogens (tertiary/aromatic N) is 2. The molecule has 0 unspecified atom stereocenters. The van der Waals surface area contributed by atoms with Gasteiger partial charge in [0.05, 0.1) is 0 Å². The Balaban J connectivity index is 2.22. The molecule has 0 fully saturated rings. The Morgan fingerprint density at radius 1 is 1.19 bits per heavy atom. The third kappa shape index (κ3) is 4.53. The summed E-state index contributed by atoms with van der Waals surface area (Å²) >= 11 is 3.38. The summed E-state index contributed by atoms with van der Waals surface area (Å²) in [7, 11) is 0. The Morgan fingerprint density at radius 2 is 1.86 bits per heavy atom. The Morgan fingerprint density at radius 3 is 2.48 bits per heavy atom. The van der Waals surface area contributed by atoms with Gasteiger partial charge in [-0.2, -0.15) is 0 Å². The number of anilines is 2. The van der Waals surface area contributed by atoms with Crippen molar-refractivity contribution in [3.8, 4) is 0 Å². The number of aromatic nitrogens is 2.